The molecule has 0 spiro atoms. The molecule has 5 nitrogen and oxygen atoms in total. The van der Waals surface area contributed by atoms with Crippen LogP contribution < -0.4 is 0 Å². The van der Waals surface area contributed by atoms with Gasteiger partial charge in [-0.1, -0.05) is 12.1 Å². The summed E-state index contributed by atoms with van der Waals surface area (Å²) in [4.78, 5) is 14.7. The smallest absolute Gasteiger partial charge is 0.227 e. The normalized spacial score (nSPS) is 17.0. The van der Waals surface area contributed by atoms with Crippen molar-refractivity contribution >= 4 is 5.91 Å². The van der Waals surface area contributed by atoms with Crippen LogP contribution in [0.15, 0.2) is 30.3 Å². The summed E-state index contributed by atoms with van der Waals surface area (Å²) >= 11 is 0. The van der Waals surface area contributed by atoms with Crippen LogP contribution in [0.5, 0.6) is 0 Å². The summed E-state index contributed by atoms with van der Waals surface area (Å²) in [6, 6.07) is 11.6. The largest absolute Gasteiger partial charge is 0.338 e. The van der Waals surface area contributed by atoms with Crippen LogP contribution >= 0.6 is 0 Å². The zero-order valence-corrected chi connectivity index (χ0v) is 14.2. The molecule has 0 N–H and O–H groups in total. The molecule has 1 aromatic heterocycles. The maximum Gasteiger partial charge on any atom is 0.227 e. The molecule has 5 heteroatoms. The molecule has 2 aromatic rings. The van der Waals surface area contributed by atoms with Crippen molar-refractivity contribution in [2.45, 2.75) is 45.7 Å². The minimum Gasteiger partial charge on any atom is -0.338 e. The first-order valence-electron chi connectivity index (χ1n) is 8.36. The van der Waals surface area contributed by atoms with E-state index in [9.17, 15) is 4.79 Å². The molecule has 1 saturated heterocycles. The lowest BCUT2D eigenvalue weighted by Gasteiger charge is -2.25. The molecule has 1 aliphatic rings. The van der Waals surface area contributed by atoms with E-state index < -0.39 is 0 Å². The Kier molecular flexibility index (Phi) is 4.66. The Morgan fingerprint density at radius 1 is 1.33 bits per heavy atom. The van der Waals surface area contributed by atoms with Gasteiger partial charge in [0, 0.05) is 12.2 Å². The number of nitriles is 1. The average molecular weight is 322 g/mol. The van der Waals surface area contributed by atoms with Crippen molar-refractivity contribution in [1.82, 2.24) is 14.7 Å². The van der Waals surface area contributed by atoms with E-state index in [1.54, 1.807) is 12.1 Å². The highest BCUT2D eigenvalue weighted by Gasteiger charge is 2.29. The molecule has 1 fully saturated rings. The minimum absolute atomic E-state index is 0.156. The Hall–Kier alpha value is -2.61. The number of benzene rings is 1. The van der Waals surface area contributed by atoms with E-state index in [1.807, 2.05) is 28.6 Å². The highest BCUT2D eigenvalue weighted by molar-refractivity contribution is 5.79. The van der Waals surface area contributed by atoms with E-state index in [2.05, 4.69) is 24.2 Å². The van der Waals surface area contributed by atoms with E-state index in [4.69, 9.17) is 5.26 Å². The van der Waals surface area contributed by atoms with Gasteiger partial charge in [-0.05, 0) is 50.5 Å². The molecule has 124 valence electrons. The lowest BCUT2D eigenvalue weighted by Crippen LogP contribution is -2.39. The maximum atomic E-state index is 12.7. The summed E-state index contributed by atoms with van der Waals surface area (Å²) in [5.74, 6) is 0.156. The highest BCUT2D eigenvalue weighted by Crippen LogP contribution is 2.21. The summed E-state index contributed by atoms with van der Waals surface area (Å²) in [6.07, 6.45) is 2.46. The molecule has 1 aliphatic heterocycles. The van der Waals surface area contributed by atoms with Crippen molar-refractivity contribution in [2.24, 2.45) is 0 Å². The summed E-state index contributed by atoms with van der Waals surface area (Å²) in [6.45, 7) is 5.63. The number of likely N-dealkylation sites (tertiary alicyclic amines) is 1. The van der Waals surface area contributed by atoms with Crippen LogP contribution in [0.4, 0.5) is 0 Å². The molecule has 24 heavy (non-hydrogen) atoms. The monoisotopic (exact) mass is 322 g/mol. The Morgan fingerprint density at radius 3 is 2.71 bits per heavy atom. The third-order valence-electron chi connectivity index (χ3n) is 4.62. The first-order chi connectivity index (χ1) is 11.6. The van der Waals surface area contributed by atoms with E-state index in [0.717, 1.165) is 42.9 Å². The molecule has 3 rings (SSSR count). The van der Waals surface area contributed by atoms with Gasteiger partial charge in [0.2, 0.25) is 5.91 Å². The number of amides is 1. The standard InChI is InChI=1S/C19H22N4O/c1-14-10-15(2)23(21-14)13-18-4-3-9-22(18)19(24)11-16-5-7-17(12-20)8-6-16/h5-8,10,18H,3-4,9,11,13H2,1-2H3/t18-/m1/s1. The number of nitrogens with zero attached hydrogens (tertiary/aromatic N) is 4. The van der Waals surface area contributed by atoms with Gasteiger partial charge in [-0.25, -0.2) is 0 Å². The zero-order valence-electron chi connectivity index (χ0n) is 14.2. The van der Waals surface area contributed by atoms with Crippen LogP contribution in [-0.4, -0.2) is 33.2 Å². The molecule has 1 aromatic carbocycles. The van der Waals surface area contributed by atoms with Gasteiger partial charge in [0.15, 0.2) is 0 Å². The van der Waals surface area contributed by atoms with Crippen LogP contribution in [0.2, 0.25) is 0 Å². The lowest BCUT2D eigenvalue weighted by atomic mass is 10.1. The van der Waals surface area contributed by atoms with E-state index in [-0.39, 0.29) is 11.9 Å². The van der Waals surface area contributed by atoms with Crippen molar-refractivity contribution in [3.63, 3.8) is 0 Å². The van der Waals surface area contributed by atoms with Crippen molar-refractivity contribution in [2.75, 3.05) is 6.54 Å². The van der Waals surface area contributed by atoms with Gasteiger partial charge in [0.25, 0.3) is 0 Å². The number of aromatic nitrogens is 2. The second-order valence-corrected chi connectivity index (χ2v) is 6.48. The molecule has 0 radical (unpaired) electrons. The molecule has 0 bridgehead atoms. The minimum atomic E-state index is 0.156. The lowest BCUT2D eigenvalue weighted by molar-refractivity contribution is -0.131. The van der Waals surface area contributed by atoms with Gasteiger partial charge in [0.1, 0.15) is 0 Å². The quantitative estimate of drug-likeness (QED) is 0.869. The maximum absolute atomic E-state index is 12.7. The third kappa shape index (κ3) is 3.48. The van der Waals surface area contributed by atoms with Crippen LogP contribution in [0.3, 0.4) is 0 Å². The molecular formula is C19H22N4O. The second kappa shape index (κ2) is 6.88. The molecule has 0 unspecified atom stereocenters. The third-order valence-corrected chi connectivity index (χ3v) is 4.62. The fourth-order valence-electron chi connectivity index (χ4n) is 3.39. The zero-order chi connectivity index (χ0) is 17.1. The van der Waals surface area contributed by atoms with E-state index in [0.29, 0.717) is 12.0 Å². The van der Waals surface area contributed by atoms with Gasteiger partial charge in [-0.3, -0.25) is 9.48 Å². The van der Waals surface area contributed by atoms with Gasteiger partial charge in [-0.2, -0.15) is 10.4 Å². The Morgan fingerprint density at radius 2 is 2.08 bits per heavy atom. The fourth-order valence-corrected chi connectivity index (χ4v) is 3.39. The number of hydrogen-bond acceptors (Lipinski definition) is 3. The van der Waals surface area contributed by atoms with Crippen LogP contribution in [0.25, 0.3) is 0 Å². The predicted molar refractivity (Wildman–Crippen MR) is 91.3 cm³/mol. The summed E-state index contributed by atoms with van der Waals surface area (Å²) in [5.41, 5.74) is 3.73. The Labute approximate surface area is 142 Å². The number of hydrogen-bond donors (Lipinski definition) is 0. The van der Waals surface area contributed by atoms with Crippen molar-refractivity contribution < 1.29 is 4.79 Å². The van der Waals surface area contributed by atoms with Crippen LogP contribution in [0.1, 0.15) is 35.4 Å². The molecule has 2 heterocycles. The molecule has 1 amide bonds. The molecule has 0 saturated carbocycles. The average Bonchev–Trinajstić information content (AvgIpc) is 3.15. The summed E-state index contributed by atoms with van der Waals surface area (Å²) in [7, 11) is 0. The predicted octanol–water partition coefficient (Wildman–Crippen LogP) is 2.61. The first kappa shape index (κ1) is 16.3. The van der Waals surface area contributed by atoms with Crippen molar-refractivity contribution in [1.29, 1.82) is 5.26 Å². The SMILES string of the molecule is Cc1cc(C)n(C[C@H]2CCCN2C(=O)Cc2ccc(C#N)cc2)n1. The number of carbonyl (C=O) groups is 1. The highest BCUT2D eigenvalue weighted by atomic mass is 16.2. The van der Waals surface area contributed by atoms with Gasteiger partial charge >= 0.3 is 0 Å². The van der Waals surface area contributed by atoms with Crippen molar-refractivity contribution in [3.05, 3.63) is 52.8 Å². The van der Waals surface area contributed by atoms with E-state index in [1.165, 1.54) is 0 Å². The Bertz CT molecular complexity index is 770. The van der Waals surface area contributed by atoms with Gasteiger partial charge in [-0.15, -0.1) is 0 Å². The second-order valence-electron chi connectivity index (χ2n) is 6.48. The van der Waals surface area contributed by atoms with Crippen molar-refractivity contribution in [3.8, 4) is 6.07 Å². The molecular weight excluding hydrogens is 300 g/mol. The first-order valence-corrected chi connectivity index (χ1v) is 8.36. The van der Waals surface area contributed by atoms with E-state index >= 15 is 0 Å². The van der Waals surface area contributed by atoms with Crippen LogP contribution in [0, 0.1) is 25.2 Å². The number of rotatable bonds is 4. The van der Waals surface area contributed by atoms with Crippen LogP contribution in [-0.2, 0) is 17.8 Å². The summed E-state index contributed by atoms with van der Waals surface area (Å²) in [5, 5.41) is 13.4. The molecule has 0 aliphatic carbocycles. The van der Waals surface area contributed by atoms with Gasteiger partial charge < -0.3 is 4.90 Å². The fraction of sp³-hybridized carbons (Fsp3) is 0.421. The Balaban J connectivity index is 1.66. The number of carbonyl (C=O) groups excluding carboxylic acids is 1. The van der Waals surface area contributed by atoms with Gasteiger partial charge in [0.05, 0.1) is 36.3 Å². The summed E-state index contributed by atoms with van der Waals surface area (Å²) < 4.78 is 2.01. The molecule has 1 atom stereocenters. The number of aryl methyl sites for hydroxylation is 2. The topological polar surface area (TPSA) is 61.9 Å².